The van der Waals surface area contributed by atoms with E-state index in [0.717, 1.165) is 41.4 Å². The van der Waals surface area contributed by atoms with Crippen molar-refractivity contribution in [2.24, 2.45) is 17.3 Å². The van der Waals surface area contributed by atoms with Gasteiger partial charge in [-0.15, -0.1) is 9.24 Å². The highest BCUT2D eigenvalue weighted by Gasteiger charge is 2.25. The van der Waals surface area contributed by atoms with Gasteiger partial charge in [-0.05, 0) is 46.7 Å². The van der Waals surface area contributed by atoms with Crippen molar-refractivity contribution >= 4 is 49.0 Å². The maximum atomic E-state index is 12.4. The summed E-state index contributed by atoms with van der Waals surface area (Å²) in [7, 11) is 2.64. The Bertz CT molecular complexity index is 1320. The number of carbonyl (C=O) groups excluding carboxylic acids is 2. The predicted octanol–water partition coefficient (Wildman–Crippen LogP) is 9.44. The Labute approximate surface area is 245 Å². The van der Waals surface area contributed by atoms with Crippen LogP contribution < -0.4 is 5.30 Å². The van der Waals surface area contributed by atoms with Crippen LogP contribution in [0.1, 0.15) is 104 Å². The summed E-state index contributed by atoms with van der Waals surface area (Å²) in [6, 6.07) is 9.62. The van der Waals surface area contributed by atoms with E-state index in [1.165, 1.54) is 0 Å². The first-order valence-corrected chi connectivity index (χ1v) is 14.8. The second-order valence-corrected chi connectivity index (χ2v) is 14.0. The van der Waals surface area contributed by atoms with Crippen LogP contribution in [0.4, 0.5) is 4.53 Å². The number of hydrogen-bond acceptors (Lipinski definition) is 5. The zero-order chi connectivity index (χ0) is 30.4. The fraction of sp³-hybridized carbons (Fsp3) is 0.531. The molecule has 2 aromatic heterocycles. The third kappa shape index (κ3) is 9.66. The molecule has 2 atom stereocenters. The Balaban J connectivity index is 0.000000342. The molecule has 1 aromatic carbocycles. The van der Waals surface area contributed by atoms with Crippen molar-refractivity contribution in [1.82, 2.24) is 4.98 Å². The van der Waals surface area contributed by atoms with E-state index in [2.05, 4.69) is 62.6 Å². The minimum absolute atomic E-state index is 0.0110. The molecule has 0 aliphatic heterocycles. The number of furan rings is 1. The van der Waals surface area contributed by atoms with Crippen LogP contribution in [-0.4, -0.2) is 16.7 Å². The largest absolute Gasteiger partial charge is 0.451 e. The first-order valence-electron chi connectivity index (χ1n) is 13.8. The van der Waals surface area contributed by atoms with Gasteiger partial charge >= 0.3 is 5.97 Å². The molecule has 0 aliphatic carbocycles. The van der Waals surface area contributed by atoms with Crippen molar-refractivity contribution in [2.75, 3.05) is 0 Å². The Morgan fingerprint density at radius 2 is 1.75 bits per heavy atom. The Hall–Kier alpha value is -2.30. The smallest absolute Gasteiger partial charge is 0.349 e. The number of pyridine rings is 1. The lowest BCUT2D eigenvalue weighted by Crippen LogP contribution is -2.16. The summed E-state index contributed by atoms with van der Waals surface area (Å²) >= 11 is 6.14. The van der Waals surface area contributed by atoms with E-state index < -0.39 is 5.97 Å². The standard InChI is InChI=1S/C21H23ClNO2P.C11H21FO2/c1-11(2)19(24)17-10-16-20(25-17)13(21(3,4)5)9-15(23-16)12-6-7-14(22)18(26)8-12;1-5-6-9(7-10(13)14-12)8-11(2,3)4/h6-11H,26H2,1-5H3;9H,5-8H2,1-4H3. The van der Waals surface area contributed by atoms with Crippen LogP contribution in [0.3, 0.4) is 0 Å². The third-order valence-electron chi connectivity index (χ3n) is 6.49. The minimum atomic E-state index is -0.743. The molecular weight excluding hydrogens is 548 g/mol. The lowest BCUT2D eigenvalue weighted by atomic mass is 9.81. The normalized spacial score (nSPS) is 12.7. The lowest BCUT2D eigenvalue weighted by Gasteiger charge is -2.24. The van der Waals surface area contributed by atoms with Crippen molar-refractivity contribution in [3.8, 4) is 11.3 Å². The van der Waals surface area contributed by atoms with E-state index in [0.29, 0.717) is 21.9 Å². The molecule has 40 heavy (non-hydrogen) atoms. The number of rotatable bonds is 8. The summed E-state index contributed by atoms with van der Waals surface area (Å²) in [5.41, 5.74) is 4.26. The van der Waals surface area contributed by atoms with E-state index in [1.807, 2.05) is 38.1 Å². The van der Waals surface area contributed by atoms with Crippen molar-refractivity contribution in [3.05, 3.63) is 46.7 Å². The molecule has 3 aromatic rings. The van der Waals surface area contributed by atoms with Gasteiger partial charge in [-0.3, -0.25) is 9.74 Å². The topological polar surface area (TPSA) is 69.4 Å². The Morgan fingerprint density at radius 3 is 2.25 bits per heavy atom. The van der Waals surface area contributed by atoms with Crippen molar-refractivity contribution < 1.29 is 23.5 Å². The van der Waals surface area contributed by atoms with Gasteiger partial charge in [-0.2, -0.15) is 0 Å². The molecule has 2 unspecified atom stereocenters. The number of Topliss-reactive ketones (excluding diaryl/α,β-unsaturated/α-hetero) is 1. The molecule has 3 rings (SSSR count). The van der Waals surface area contributed by atoms with Crippen LogP contribution in [0.2, 0.25) is 5.02 Å². The first kappa shape index (κ1) is 33.9. The monoisotopic (exact) mass is 591 g/mol. The first-order chi connectivity index (χ1) is 18.5. The summed E-state index contributed by atoms with van der Waals surface area (Å²) in [5, 5.41) is 1.62. The molecule has 0 saturated heterocycles. The van der Waals surface area contributed by atoms with Crippen LogP contribution in [0.5, 0.6) is 0 Å². The van der Waals surface area contributed by atoms with Gasteiger partial charge in [-0.1, -0.05) is 92.8 Å². The lowest BCUT2D eigenvalue weighted by molar-refractivity contribution is -0.185. The average molecular weight is 592 g/mol. The Morgan fingerprint density at radius 1 is 1.10 bits per heavy atom. The zero-order valence-electron chi connectivity index (χ0n) is 25.3. The van der Waals surface area contributed by atoms with Gasteiger partial charge < -0.3 is 4.42 Å². The van der Waals surface area contributed by atoms with Gasteiger partial charge in [0.1, 0.15) is 5.52 Å². The van der Waals surface area contributed by atoms with Gasteiger partial charge in [-0.25, -0.2) is 9.78 Å². The molecular formula is C32H44ClFNO4P. The Kier molecular flexibility index (Phi) is 11.9. The molecule has 0 spiro atoms. The SMILES string of the molecule is CC(C)C(=O)c1cc2nc(-c3ccc(Cl)c(P)c3)cc(C(C)(C)C)c2o1.CCCC(CC(=O)OF)CC(C)(C)C. The van der Waals surface area contributed by atoms with Crippen LogP contribution >= 0.6 is 20.8 Å². The number of benzene rings is 1. The molecule has 5 nitrogen and oxygen atoms in total. The molecule has 0 aliphatic rings. The van der Waals surface area contributed by atoms with Gasteiger partial charge in [0.15, 0.2) is 11.3 Å². The summed E-state index contributed by atoms with van der Waals surface area (Å²) in [5.74, 6) is -0.267. The zero-order valence-corrected chi connectivity index (χ0v) is 27.2. The van der Waals surface area contributed by atoms with Crippen LogP contribution in [0, 0.1) is 17.3 Å². The van der Waals surface area contributed by atoms with Crippen LogP contribution in [0.25, 0.3) is 22.4 Å². The maximum Gasteiger partial charge on any atom is 0.349 e. The molecule has 8 heteroatoms. The number of carbonyl (C=O) groups is 2. The van der Waals surface area contributed by atoms with Gasteiger partial charge in [0.2, 0.25) is 5.78 Å². The molecule has 0 amide bonds. The molecule has 2 heterocycles. The fourth-order valence-corrected chi connectivity index (χ4v) is 5.05. The highest BCUT2D eigenvalue weighted by atomic mass is 35.5. The maximum absolute atomic E-state index is 12.4. The van der Waals surface area contributed by atoms with E-state index in [-0.39, 0.29) is 34.9 Å². The number of nitrogens with zero attached hydrogens (tertiary/aromatic N) is 1. The van der Waals surface area contributed by atoms with Gasteiger partial charge in [0.05, 0.1) is 12.1 Å². The van der Waals surface area contributed by atoms with E-state index >= 15 is 0 Å². The molecule has 220 valence electrons. The van der Waals surface area contributed by atoms with Crippen LogP contribution in [-0.2, 0) is 15.2 Å². The second kappa shape index (κ2) is 14.0. The van der Waals surface area contributed by atoms with Crippen molar-refractivity contribution in [2.45, 2.75) is 93.4 Å². The number of aromatic nitrogens is 1. The fourth-order valence-electron chi connectivity index (χ4n) is 4.65. The van der Waals surface area contributed by atoms with Crippen LogP contribution in [0.15, 0.2) is 34.7 Å². The van der Waals surface area contributed by atoms with E-state index in [4.69, 9.17) is 21.0 Å². The second-order valence-electron chi connectivity index (χ2n) is 13.0. The number of ketones is 1. The summed E-state index contributed by atoms with van der Waals surface area (Å²) in [4.78, 5) is 31.1. The number of halogens is 2. The molecule has 0 N–H and O–H groups in total. The van der Waals surface area contributed by atoms with E-state index in [9.17, 15) is 14.1 Å². The number of hydrogen-bond donors (Lipinski definition) is 0. The molecule has 0 radical (unpaired) electrons. The van der Waals surface area contributed by atoms with E-state index in [1.54, 1.807) is 6.07 Å². The molecule has 0 saturated carbocycles. The quantitative estimate of drug-likeness (QED) is 0.193. The highest BCUT2D eigenvalue weighted by Crippen LogP contribution is 2.35. The summed E-state index contributed by atoms with van der Waals surface area (Å²) < 4.78 is 17.5. The van der Waals surface area contributed by atoms with Crippen molar-refractivity contribution in [3.63, 3.8) is 0 Å². The molecule has 0 bridgehead atoms. The summed E-state index contributed by atoms with van der Waals surface area (Å²) in [6.45, 7) is 18.5. The third-order valence-corrected chi connectivity index (χ3v) is 7.49. The number of fused-ring (bicyclic) bond motifs is 1. The van der Waals surface area contributed by atoms with Crippen molar-refractivity contribution in [1.29, 1.82) is 0 Å². The van der Waals surface area contributed by atoms with Gasteiger partial charge in [0.25, 0.3) is 0 Å². The highest BCUT2D eigenvalue weighted by molar-refractivity contribution is 7.28. The average Bonchev–Trinajstić information content (AvgIpc) is 3.27. The minimum Gasteiger partial charge on any atom is -0.451 e. The predicted molar refractivity (Wildman–Crippen MR) is 166 cm³/mol. The van der Waals surface area contributed by atoms with Gasteiger partial charge in [0, 0.05) is 32.7 Å². The summed E-state index contributed by atoms with van der Waals surface area (Å²) in [6.07, 6.45) is 3.09. The molecule has 0 fully saturated rings.